The third-order valence-corrected chi connectivity index (χ3v) is 8.89. The van der Waals surface area contributed by atoms with Crippen molar-refractivity contribution in [3.63, 3.8) is 0 Å². The highest BCUT2D eigenvalue weighted by molar-refractivity contribution is 7.92. The number of hydrogen-bond donors (Lipinski definition) is 4. The largest absolute Gasteiger partial charge is 0.352 e. The summed E-state index contributed by atoms with van der Waals surface area (Å²) in [5.74, 6) is 0.355. The summed E-state index contributed by atoms with van der Waals surface area (Å²) in [5.41, 5.74) is 2.80. The van der Waals surface area contributed by atoms with Crippen molar-refractivity contribution in [2.75, 3.05) is 16.4 Å². The van der Waals surface area contributed by atoms with Gasteiger partial charge >= 0.3 is 0 Å². The predicted molar refractivity (Wildman–Crippen MR) is 141 cm³/mol. The van der Waals surface area contributed by atoms with E-state index in [9.17, 15) is 21.6 Å². The quantitative estimate of drug-likeness (QED) is 0.283. The first kappa shape index (κ1) is 26.5. The number of sulfonamides is 1. The first-order valence-corrected chi connectivity index (χ1v) is 14.8. The van der Waals surface area contributed by atoms with Gasteiger partial charge in [0.1, 0.15) is 5.82 Å². The van der Waals surface area contributed by atoms with E-state index < -0.39 is 19.9 Å². The molecule has 5 N–H and O–H groups in total. The fourth-order valence-electron chi connectivity index (χ4n) is 3.52. The molecule has 1 heterocycles. The molecule has 1 aliphatic rings. The van der Waals surface area contributed by atoms with Crippen LogP contribution in [0.5, 0.6) is 0 Å². The van der Waals surface area contributed by atoms with Gasteiger partial charge in [-0.25, -0.2) is 27.0 Å². The van der Waals surface area contributed by atoms with Crippen molar-refractivity contribution in [1.82, 2.24) is 15.3 Å². The Hall–Kier alpha value is -3.55. The number of nitrogens with one attached hydrogen (secondary N) is 3. The predicted octanol–water partition coefficient (Wildman–Crippen LogP) is 2.50. The number of primary sulfonamides is 1. The van der Waals surface area contributed by atoms with E-state index in [1.165, 1.54) is 12.1 Å². The van der Waals surface area contributed by atoms with Crippen LogP contribution in [-0.2, 0) is 31.2 Å². The summed E-state index contributed by atoms with van der Waals surface area (Å²) in [7, 11) is -7.01. The maximum atomic E-state index is 12.1. The van der Waals surface area contributed by atoms with Gasteiger partial charge in [-0.15, -0.1) is 0 Å². The van der Waals surface area contributed by atoms with Crippen molar-refractivity contribution in [3.05, 3.63) is 65.9 Å². The van der Waals surface area contributed by atoms with Crippen LogP contribution >= 0.6 is 0 Å². The first-order chi connectivity index (χ1) is 17.5. The topological polar surface area (TPSA) is 173 Å². The second-order valence-electron chi connectivity index (χ2n) is 8.84. The number of rotatable bonds is 11. The number of aromatic nitrogens is 2. The highest BCUT2D eigenvalue weighted by Crippen LogP contribution is 2.29. The minimum atomic E-state index is -3.84. The van der Waals surface area contributed by atoms with Gasteiger partial charge in [-0.2, -0.15) is 4.98 Å². The molecule has 0 bridgehead atoms. The monoisotopic (exact) mass is 544 g/mol. The third kappa shape index (κ3) is 7.47. The molecule has 0 spiro atoms. The molecule has 196 valence electrons. The Morgan fingerprint density at radius 3 is 2.43 bits per heavy atom. The van der Waals surface area contributed by atoms with Gasteiger partial charge in [0.15, 0.2) is 9.84 Å². The Labute approximate surface area is 215 Å². The van der Waals surface area contributed by atoms with E-state index in [1.807, 2.05) is 31.2 Å². The van der Waals surface area contributed by atoms with Crippen LogP contribution in [0.25, 0.3) is 0 Å². The summed E-state index contributed by atoms with van der Waals surface area (Å²) in [5, 5.41) is 13.9. The molecule has 1 aliphatic carbocycles. The number of benzene rings is 2. The van der Waals surface area contributed by atoms with Gasteiger partial charge in [-0.3, -0.25) is 4.79 Å². The van der Waals surface area contributed by atoms with Gasteiger partial charge in [0, 0.05) is 36.1 Å². The van der Waals surface area contributed by atoms with Crippen molar-refractivity contribution in [2.45, 2.75) is 42.9 Å². The molecule has 0 atom stereocenters. The summed E-state index contributed by atoms with van der Waals surface area (Å²) in [6.07, 6.45) is 2.96. The lowest BCUT2D eigenvalue weighted by atomic mass is 10.2. The number of amides is 1. The van der Waals surface area contributed by atoms with E-state index >= 15 is 0 Å². The van der Waals surface area contributed by atoms with Crippen LogP contribution in [0.4, 0.5) is 23.1 Å². The summed E-state index contributed by atoms with van der Waals surface area (Å²) in [6, 6.07) is 13.4. The van der Waals surface area contributed by atoms with Gasteiger partial charge in [-0.1, -0.05) is 18.2 Å². The standard InChI is InChI=1S/C24H28N6O5S2/c1-16-14-27-24(29-19-6-3-7-21(13-19)37(25,34)35)30-23(16)28-18-5-2-4-17(12-18)15-26-22(31)10-11-36(32,33)20-8-9-20/h2-7,12-14,20H,8-11,15H2,1H3,(H,26,31)(H2,25,34,35)(H2,27,28,29,30). The molecular formula is C24H28N6O5S2. The number of aryl methyl sites for hydroxylation is 1. The molecule has 11 nitrogen and oxygen atoms in total. The van der Waals surface area contributed by atoms with Gasteiger partial charge < -0.3 is 16.0 Å². The Bertz CT molecular complexity index is 1520. The molecular weight excluding hydrogens is 516 g/mol. The highest BCUT2D eigenvalue weighted by atomic mass is 32.2. The average Bonchev–Trinajstić information content (AvgIpc) is 3.70. The molecule has 3 aromatic rings. The van der Waals surface area contributed by atoms with Gasteiger partial charge in [0.05, 0.1) is 15.9 Å². The maximum Gasteiger partial charge on any atom is 0.238 e. The van der Waals surface area contributed by atoms with Gasteiger partial charge in [-0.05, 0) is 55.7 Å². The molecule has 0 unspecified atom stereocenters. The number of nitrogens with two attached hydrogens (primary N) is 1. The Balaban J connectivity index is 1.38. The number of hydrogen-bond acceptors (Lipinski definition) is 9. The number of carbonyl (C=O) groups is 1. The van der Waals surface area contributed by atoms with Crippen LogP contribution in [0.2, 0.25) is 0 Å². The zero-order chi connectivity index (χ0) is 26.6. The molecule has 0 radical (unpaired) electrons. The van der Waals surface area contributed by atoms with E-state index in [0.717, 1.165) is 16.8 Å². The van der Waals surface area contributed by atoms with Crippen molar-refractivity contribution in [3.8, 4) is 0 Å². The lowest BCUT2D eigenvalue weighted by Crippen LogP contribution is -2.26. The molecule has 1 saturated carbocycles. The lowest BCUT2D eigenvalue weighted by Gasteiger charge is -2.13. The van der Waals surface area contributed by atoms with E-state index in [0.29, 0.717) is 24.3 Å². The molecule has 1 aromatic heterocycles. The molecule has 1 fully saturated rings. The summed E-state index contributed by atoms with van der Waals surface area (Å²) < 4.78 is 47.2. The smallest absolute Gasteiger partial charge is 0.238 e. The summed E-state index contributed by atoms with van der Waals surface area (Å²) >= 11 is 0. The van der Waals surface area contributed by atoms with Crippen LogP contribution < -0.4 is 21.1 Å². The third-order valence-electron chi connectivity index (χ3n) is 5.72. The number of carbonyl (C=O) groups excluding carboxylic acids is 1. The fraction of sp³-hybridized carbons (Fsp3) is 0.292. The molecule has 1 amide bonds. The number of anilines is 4. The molecule has 4 rings (SSSR count). The zero-order valence-electron chi connectivity index (χ0n) is 20.1. The normalized spacial score (nSPS) is 13.7. The van der Waals surface area contributed by atoms with E-state index in [4.69, 9.17) is 5.14 Å². The second kappa shape index (κ2) is 10.8. The first-order valence-electron chi connectivity index (χ1n) is 11.6. The highest BCUT2D eigenvalue weighted by Gasteiger charge is 2.35. The maximum absolute atomic E-state index is 12.1. The Kier molecular flexibility index (Phi) is 7.76. The van der Waals surface area contributed by atoms with Gasteiger partial charge in [0.25, 0.3) is 0 Å². The molecule has 13 heteroatoms. The fourth-order valence-corrected chi connectivity index (χ4v) is 5.74. The zero-order valence-corrected chi connectivity index (χ0v) is 21.8. The molecule has 0 aliphatic heterocycles. The van der Waals surface area contributed by atoms with Crippen LogP contribution in [0, 0.1) is 6.92 Å². The Morgan fingerprint density at radius 2 is 1.73 bits per heavy atom. The van der Waals surface area contributed by atoms with Crippen molar-refractivity contribution in [2.24, 2.45) is 5.14 Å². The van der Waals surface area contributed by atoms with Crippen LogP contribution in [0.3, 0.4) is 0 Å². The second-order valence-corrected chi connectivity index (χ2v) is 12.8. The van der Waals surface area contributed by atoms with Crippen molar-refractivity contribution in [1.29, 1.82) is 0 Å². The number of sulfone groups is 1. The minimum Gasteiger partial charge on any atom is -0.352 e. The summed E-state index contributed by atoms with van der Waals surface area (Å²) in [4.78, 5) is 20.8. The van der Waals surface area contributed by atoms with E-state index in [-0.39, 0.29) is 40.7 Å². The number of nitrogens with zero attached hydrogens (tertiary/aromatic N) is 2. The minimum absolute atomic E-state index is 0.0311. The van der Waals surface area contributed by atoms with Crippen molar-refractivity contribution >= 4 is 48.9 Å². The van der Waals surface area contributed by atoms with Crippen molar-refractivity contribution < 1.29 is 21.6 Å². The molecule has 0 saturated heterocycles. The van der Waals surface area contributed by atoms with E-state index in [2.05, 4.69) is 25.9 Å². The van der Waals surface area contributed by atoms with Crippen LogP contribution in [0.1, 0.15) is 30.4 Å². The average molecular weight is 545 g/mol. The summed E-state index contributed by atoms with van der Waals surface area (Å²) in [6.45, 7) is 2.10. The molecule has 37 heavy (non-hydrogen) atoms. The van der Waals surface area contributed by atoms with E-state index in [1.54, 1.807) is 18.3 Å². The van der Waals surface area contributed by atoms with Crippen LogP contribution in [0.15, 0.2) is 59.6 Å². The SMILES string of the molecule is Cc1cnc(Nc2cccc(S(N)(=O)=O)c2)nc1Nc1cccc(CNC(=O)CCS(=O)(=O)C2CC2)c1. The Morgan fingerprint density at radius 1 is 1.03 bits per heavy atom. The van der Waals surface area contributed by atoms with Crippen LogP contribution in [-0.4, -0.2) is 43.7 Å². The van der Waals surface area contributed by atoms with Gasteiger partial charge in [0.2, 0.25) is 21.9 Å². The molecule has 2 aromatic carbocycles. The lowest BCUT2D eigenvalue weighted by molar-refractivity contribution is -0.120.